The van der Waals surface area contributed by atoms with Gasteiger partial charge in [-0.15, -0.1) is 0 Å². The van der Waals surface area contributed by atoms with E-state index in [4.69, 9.17) is 10.5 Å². The summed E-state index contributed by atoms with van der Waals surface area (Å²) in [6.07, 6.45) is 6.41. The van der Waals surface area contributed by atoms with Gasteiger partial charge >= 0.3 is 0 Å². The van der Waals surface area contributed by atoms with E-state index in [0.29, 0.717) is 26.2 Å². The van der Waals surface area contributed by atoms with E-state index in [9.17, 15) is 9.59 Å². The van der Waals surface area contributed by atoms with Crippen LogP contribution in [0, 0.1) is 5.92 Å². The monoisotopic (exact) mass is 311 g/mol. The molecule has 1 atom stereocenters. The molecule has 0 radical (unpaired) electrons. The van der Waals surface area contributed by atoms with Gasteiger partial charge in [-0.3, -0.25) is 9.59 Å². The number of amides is 2. The summed E-state index contributed by atoms with van der Waals surface area (Å²) in [5, 5.41) is 2.91. The first-order valence-corrected chi connectivity index (χ1v) is 8.57. The van der Waals surface area contributed by atoms with Crippen LogP contribution in [0.1, 0.15) is 44.9 Å². The van der Waals surface area contributed by atoms with Crippen molar-refractivity contribution in [3.05, 3.63) is 0 Å². The lowest BCUT2D eigenvalue weighted by Gasteiger charge is -2.27. The number of nitrogens with zero attached hydrogens (tertiary/aromatic N) is 1. The number of hydrogen-bond donors (Lipinski definition) is 2. The minimum atomic E-state index is -0.441. The second-order valence-electron chi connectivity index (χ2n) is 6.31. The molecule has 0 saturated carbocycles. The maximum Gasteiger partial charge on any atom is 0.237 e. The van der Waals surface area contributed by atoms with Crippen molar-refractivity contribution in [1.29, 1.82) is 0 Å². The maximum atomic E-state index is 12.1. The third-order valence-electron chi connectivity index (χ3n) is 4.65. The standard InChI is InChI=1S/C16H29N3O3/c17-15(13-6-11-22-12-7-13)16(21)18-8-4-10-19-9-3-1-2-5-14(19)20/h13,15H,1-12,17H2,(H,18,21). The van der Waals surface area contributed by atoms with E-state index in [1.807, 2.05) is 4.90 Å². The first-order chi connectivity index (χ1) is 10.7. The Morgan fingerprint density at radius 2 is 2.09 bits per heavy atom. The molecule has 2 saturated heterocycles. The smallest absolute Gasteiger partial charge is 0.237 e. The van der Waals surface area contributed by atoms with Crippen molar-refractivity contribution in [2.45, 2.75) is 51.0 Å². The van der Waals surface area contributed by atoms with Gasteiger partial charge in [-0.2, -0.15) is 0 Å². The third kappa shape index (κ3) is 5.25. The van der Waals surface area contributed by atoms with Crippen molar-refractivity contribution in [2.75, 3.05) is 32.8 Å². The maximum absolute atomic E-state index is 12.1. The van der Waals surface area contributed by atoms with Crippen LogP contribution in [0.3, 0.4) is 0 Å². The van der Waals surface area contributed by atoms with Crippen LogP contribution in [0.5, 0.6) is 0 Å². The number of nitrogens with one attached hydrogen (secondary N) is 1. The summed E-state index contributed by atoms with van der Waals surface area (Å²) in [6, 6.07) is -0.441. The Labute approximate surface area is 132 Å². The predicted octanol–water partition coefficient (Wildman–Crippen LogP) is 0.649. The first-order valence-electron chi connectivity index (χ1n) is 8.57. The number of nitrogens with two attached hydrogens (primary N) is 1. The lowest BCUT2D eigenvalue weighted by molar-refractivity contribution is -0.130. The van der Waals surface area contributed by atoms with Gasteiger partial charge in [0.05, 0.1) is 6.04 Å². The van der Waals surface area contributed by atoms with E-state index < -0.39 is 6.04 Å². The molecule has 3 N–H and O–H groups in total. The molecule has 2 aliphatic heterocycles. The zero-order valence-corrected chi connectivity index (χ0v) is 13.4. The van der Waals surface area contributed by atoms with Crippen LogP contribution in [0.25, 0.3) is 0 Å². The summed E-state index contributed by atoms with van der Waals surface area (Å²) in [4.78, 5) is 25.8. The van der Waals surface area contributed by atoms with E-state index >= 15 is 0 Å². The van der Waals surface area contributed by atoms with Crippen molar-refractivity contribution >= 4 is 11.8 Å². The highest BCUT2D eigenvalue weighted by Crippen LogP contribution is 2.17. The Hall–Kier alpha value is -1.14. The Balaban J connectivity index is 1.62. The van der Waals surface area contributed by atoms with E-state index in [2.05, 4.69) is 5.32 Å². The normalized spacial score (nSPS) is 22.2. The molecule has 2 heterocycles. The fourth-order valence-electron chi connectivity index (χ4n) is 3.16. The summed E-state index contributed by atoms with van der Waals surface area (Å²) >= 11 is 0. The Morgan fingerprint density at radius 1 is 1.32 bits per heavy atom. The van der Waals surface area contributed by atoms with E-state index in [1.165, 1.54) is 0 Å². The molecule has 0 aromatic carbocycles. The molecule has 0 spiro atoms. The van der Waals surface area contributed by atoms with Gasteiger partial charge < -0.3 is 20.7 Å². The molecule has 1 unspecified atom stereocenters. The minimum absolute atomic E-state index is 0.0749. The topological polar surface area (TPSA) is 84.7 Å². The Bertz CT molecular complexity index is 370. The fraction of sp³-hybridized carbons (Fsp3) is 0.875. The average molecular weight is 311 g/mol. The van der Waals surface area contributed by atoms with Crippen LogP contribution in [0.2, 0.25) is 0 Å². The molecule has 6 heteroatoms. The molecule has 2 aliphatic rings. The molecule has 2 rings (SSSR count). The Kier molecular flexibility index (Phi) is 7.12. The number of rotatable bonds is 6. The van der Waals surface area contributed by atoms with Crippen molar-refractivity contribution < 1.29 is 14.3 Å². The molecular weight excluding hydrogens is 282 g/mol. The van der Waals surface area contributed by atoms with Crippen molar-refractivity contribution in [1.82, 2.24) is 10.2 Å². The molecule has 22 heavy (non-hydrogen) atoms. The van der Waals surface area contributed by atoms with E-state index in [-0.39, 0.29) is 17.7 Å². The second kappa shape index (κ2) is 9.10. The molecule has 126 valence electrons. The van der Waals surface area contributed by atoms with Crippen molar-refractivity contribution in [3.63, 3.8) is 0 Å². The quantitative estimate of drug-likeness (QED) is 0.705. The van der Waals surface area contributed by atoms with Crippen LogP contribution in [0.15, 0.2) is 0 Å². The zero-order valence-electron chi connectivity index (χ0n) is 13.4. The van der Waals surface area contributed by atoms with Gasteiger partial charge in [0, 0.05) is 39.3 Å². The third-order valence-corrected chi connectivity index (χ3v) is 4.65. The number of ether oxygens (including phenoxy) is 1. The van der Waals surface area contributed by atoms with Gasteiger partial charge in [0.25, 0.3) is 0 Å². The van der Waals surface area contributed by atoms with Crippen LogP contribution in [0.4, 0.5) is 0 Å². The molecule has 0 bridgehead atoms. The molecular formula is C16H29N3O3. The summed E-state index contributed by atoms with van der Waals surface area (Å²) < 4.78 is 5.29. The summed E-state index contributed by atoms with van der Waals surface area (Å²) in [5.41, 5.74) is 6.03. The molecule has 0 aromatic rings. The SMILES string of the molecule is NC(C(=O)NCCCN1CCCCCC1=O)C1CCOCC1. The summed E-state index contributed by atoms with van der Waals surface area (Å²) in [6.45, 7) is 3.56. The van der Waals surface area contributed by atoms with Gasteiger partial charge in [-0.05, 0) is 38.0 Å². The lowest BCUT2D eigenvalue weighted by Crippen LogP contribution is -2.47. The van der Waals surface area contributed by atoms with Crippen molar-refractivity contribution in [3.8, 4) is 0 Å². The number of carbonyl (C=O) groups excluding carboxylic acids is 2. The average Bonchev–Trinajstić information content (AvgIpc) is 2.76. The van der Waals surface area contributed by atoms with E-state index in [0.717, 1.165) is 51.6 Å². The molecule has 0 aliphatic carbocycles. The highest BCUT2D eigenvalue weighted by molar-refractivity contribution is 5.81. The summed E-state index contributed by atoms with van der Waals surface area (Å²) in [5.74, 6) is 0.401. The highest BCUT2D eigenvalue weighted by Gasteiger charge is 2.26. The lowest BCUT2D eigenvalue weighted by atomic mass is 9.92. The van der Waals surface area contributed by atoms with Crippen molar-refractivity contribution in [2.24, 2.45) is 11.7 Å². The molecule has 6 nitrogen and oxygen atoms in total. The van der Waals surface area contributed by atoms with Gasteiger partial charge in [0.2, 0.25) is 11.8 Å². The number of carbonyl (C=O) groups is 2. The van der Waals surface area contributed by atoms with Crippen LogP contribution < -0.4 is 11.1 Å². The van der Waals surface area contributed by atoms with Gasteiger partial charge in [0.1, 0.15) is 0 Å². The Morgan fingerprint density at radius 3 is 2.86 bits per heavy atom. The fourth-order valence-corrected chi connectivity index (χ4v) is 3.16. The highest BCUT2D eigenvalue weighted by atomic mass is 16.5. The van der Waals surface area contributed by atoms with Gasteiger partial charge in [-0.1, -0.05) is 6.42 Å². The van der Waals surface area contributed by atoms with Gasteiger partial charge in [0.15, 0.2) is 0 Å². The van der Waals surface area contributed by atoms with Crippen LogP contribution in [-0.4, -0.2) is 55.6 Å². The number of likely N-dealkylation sites (tertiary alicyclic amines) is 1. The van der Waals surface area contributed by atoms with Crippen LogP contribution >= 0.6 is 0 Å². The van der Waals surface area contributed by atoms with Crippen LogP contribution in [-0.2, 0) is 14.3 Å². The largest absolute Gasteiger partial charge is 0.381 e. The summed E-state index contributed by atoms with van der Waals surface area (Å²) in [7, 11) is 0. The number of hydrogen-bond acceptors (Lipinski definition) is 4. The minimum Gasteiger partial charge on any atom is -0.381 e. The predicted molar refractivity (Wildman–Crippen MR) is 84.2 cm³/mol. The molecule has 0 aromatic heterocycles. The molecule has 2 fully saturated rings. The first kappa shape index (κ1) is 17.2. The van der Waals surface area contributed by atoms with Gasteiger partial charge in [-0.25, -0.2) is 0 Å². The molecule has 2 amide bonds. The van der Waals surface area contributed by atoms with E-state index in [1.54, 1.807) is 0 Å². The zero-order chi connectivity index (χ0) is 15.8. The second-order valence-corrected chi connectivity index (χ2v) is 6.31.